The molecule has 0 saturated carbocycles. The van der Waals surface area contributed by atoms with Crippen LogP contribution in [-0.2, 0) is 24.0 Å². The maximum atomic E-state index is 12.7. The summed E-state index contributed by atoms with van der Waals surface area (Å²) in [5.74, 6) is -0.251. The largest absolute Gasteiger partial charge is 0.462 e. The van der Waals surface area contributed by atoms with Gasteiger partial charge in [0, 0.05) is 17.4 Å². The summed E-state index contributed by atoms with van der Waals surface area (Å²) in [6.07, 6.45) is 5.78. The number of nitrogens with zero attached hydrogens (tertiary/aromatic N) is 2. The topological polar surface area (TPSA) is 55.6 Å². The molecule has 5 rings (SSSR count). The minimum absolute atomic E-state index is 0.00177. The molecule has 1 spiro atoms. The van der Waals surface area contributed by atoms with Gasteiger partial charge >= 0.3 is 5.97 Å². The molecule has 1 N–H and O–H groups in total. The third kappa shape index (κ3) is 2.45. The fourth-order valence-electron chi connectivity index (χ4n) is 4.86. The number of esters is 1. The van der Waals surface area contributed by atoms with Gasteiger partial charge in [-0.25, -0.2) is 9.78 Å². The molecule has 2 aromatic heterocycles. The van der Waals surface area contributed by atoms with Crippen molar-refractivity contribution in [1.82, 2.24) is 9.38 Å². The summed E-state index contributed by atoms with van der Waals surface area (Å²) in [7, 11) is 0. The molecule has 1 aromatic carbocycles. The van der Waals surface area contributed by atoms with E-state index in [2.05, 4.69) is 29.6 Å². The highest BCUT2D eigenvalue weighted by molar-refractivity contribution is 5.95. The molecule has 2 aliphatic rings. The van der Waals surface area contributed by atoms with Crippen LogP contribution in [0.25, 0.3) is 5.65 Å². The van der Waals surface area contributed by atoms with Gasteiger partial charge in [0.2, 0.25) is 0 Å². The maximum absolute atomic E-state index is 12.7. The molecule has 0 atom stereocenters. The van der Waals surface area contributed by atoms with Gasteiger partial charge < -0.3 is 14.5 Å². The van der Waals surface area contributed by atoms with Gasteiger partial charge in [0.15, 0.2) is 5.65 Å². The number of fused-ring (bicyclic) bond motifs is 4. The number of aryl methyl sites for hydroxylation is 2. The molecule has 144 valence electrons. The number of aromatic nitrogens is 2. The number of hydrogen-bond donors (Lipinski definition) is 1. The lowest BCUT2D eigenvalue weighted by atomic mass is 9.83. The predicted molar refractivity (Wildman–Crippen MR) is 109 cm³/mol. The fraction of sp³-hybridized carbons (Fsp3) is 0.391. The number of imidazole rings is 1. The van der Waals surface area contributed by atoms with Crippen LogP contribution in [0, 0.1) is 13.8 Å². The molecule has 3 aromatic rings. The van der Waals surface area contributed by atoms with Crippen molar-refractivity contribution in [2.45, 2.75) is 52.0 Å². The van der Waals surface area contributed by atoms with Crippen LogP contribution < -0.4 is 5.32 Å². The van der Waals surface area contributed by atoms with Gasteiger partial charge in [-0.1, -0.05) is 24.3 Å². The minimum atomic E-state index is -0.251. The Hall–Kier alpha value is -2.82. The van der Waals surface area contributed by atoms with Crippen molar-refractivity contribution in [2.75, 3.05) is 11.9 Å². The second-order valence-electron chi connectivity index (χ2n) is 8.12. The number of rotatable bonds is 2. The van der Waals surface area contributed by atoms with E-state index in [4.69, 9.17) is 9.72 Å². The van der Waals surface area contributed by atoms with Gasteiger partial charge in [0.25, 0.3) is 0 Å². The zero-order valence-corrected chi connectivity index (χ0v) is 16.6. The van der Waals surface area contributed by atoms with Crippen LogP contribution in [0.4, 0.5) is 5.69 Å². The average Bonchev–Trinajstić information content (AvgIpc) is 3.18. The summed E-state index contributed by atoms with van der Waals surface area (Å²) < 4.78 is 7.39. The van der Waals surface area contributed by atoms with Gasteiger partial charge in [-0.05, 0) is 63.1 Å². The highest BCUT2D eigenvalue weighted by Crippen LogP contribution is 2.43. The Morgan fingerprint density at radius 3 is 2.64 bits per heavy atom. The number of nitrogens with one attached hydrogen (secondary N) is 1. The summed E-state index contributed by atoms with van der Waals surface area (Å²) in [6, 6.07) is 8.70. The van der Waals surface area contributed by atoms with E-state index in [1.54, 1.807) is 0 Å². The molecule has 5 nitrogen and oxygen atoms in total. The van der Waals surface area contributed by atoms with E-state index in [9.17, 15) is 4.79 Å². The zero-order chi connectivity index (χ0) is 19.5. The second-order valence-corrected chi connectivity index (χ2v) is 8.12. The first-order valence-electron chi connectivity index (χ1n) is 10.0. The Kier molecular flexibility index (Phi) is 3.76. The highest BCUT2D eigenvalue weighted by Gasteiger charge is 2.41. The van der Waals surface area contributed by atoms with Crippen LogP contribution in [0.1, 0.15) is 51.8 Å². The van der Waals surface area contributed by atoms with Crippen LogP contribution in [-0.4, -0.2) is 27.5 Å². The zero-order valence-electron chi connectivity index (χ0n) is 16.6. The molecule has 1 aliphatic carbocycles. The van der Waals surface area contributed by atoms with Crippen molar-refractivity contribution in [2.24, 2.45) is 0 Å². The van der Waals surface area contributed by atoms with E-state index in [1.807, 2.05) is 31.4 Å². The van der Waals surface area contributed by atoms with E-state index in [1.165, 1.54) is 11.1 Å². The normalized spacial score (nSPS) is 16.7. The summed E-state index contributed by atoms with van der Waals surface area (Å²) in [4.78, 5) is 17.5. The first kappa shape index (κ1) is 17.3. The molecule has 0 bridgehead atoms. The van der Waals surface area contributed by atoms with Crippen molar-refractivity contribution < 1.29 is 9.53 Å². The third-order valence-electron chi connectivity index (χ3n) is 6.41. The maximum Gasteiger partial charge on any atom is 0.339 e. The molecule has 28 heavy (non-hydrogen) atoms. The van der Waals surface area contributed by atoms with Crippen molar-refractivity contribution >= 4 is 17.3 Å². The van der Waals surface area contributed by atoms with Crippen LogP contribution in [0.15, 0.2) is 30.5 Å². The number of carbonyl (C=O) groups is 1. The Bertz CT molecular complexity index is 1090. The van der Waals surface area contributed by atoms with Gasteiger partial charge in [0.1, 0.15) is 0 Å². The van der Waals surface area contributed by atoms with Gasteiger partial charge in [-0.2, -0.15) is 0 Å². The lowest BCUT2D eigenvalue weighted by Crippen LogP contribution is -2.43. The van der Waals surface area contributed by atoms with Crippen molar-refractivity contribution in [3.63, 3.8) is 0 Å². The molecule has 3 heterocycles. The molecular weight excluding hydrogens is 350 g/mol. The average molecular weight is 375 g/mol. The lowest BCUT2D eigenvalue weighted by molar-refractivity contribution is 0.0524. The highest BCUT2D eigenvalue weighted by atomic mass is 16.5. The molecule has 0 radical (unpaired) electrons. The first-order chi connectivity index (χ1) is 13.5. The smallest absolute Gasteiger partial charge is 0.339 e. The number of hydrogen-bond acceptors (Lipinski definition) is 4. The fourth-order valence-corrected chi connectivity index (χ4v) is 4.86. The van der Waals surface area contributed by atoms with Crippen LogP contribution in [0.2, 0.25) is 0 Å². The Morgan fingerprint density at radius 1 is 1.25 bits per heavy atom. The van der Waals surface area contributed by atoms with Crippen molar-refractivity contribution in [3.05, 3.63) is 64.1 Å². The predicted octanol–water partition coefficient (Wildman–Crippen LogP) is 4.02. The van der Waals surface area contributed by atoms with Crippen LogP contribution in [0.3, 0.4) is 0 Å². The van der Waals surface area contributed by atoms with Gasteiger partial charge in [0.05, 0.1) is 23.6 Å². The molecule has 5 heteroatoms. The Morgan fingerprint density at radius 2 is 1.96 bits per heavy atom. The Labute approximate surface area is 164 Å². The first-order valence-corrected chi connectivity index (χ1v) is 10.0. The third-order valence-corrected chi connectivity index (χ3v) is 6.41. The molecule has 0 unspecified atom stereocenters. The quantitative estimate of drug-likeness (QED) is 0.687. The van der Waals surface area contributed by atoms with E-state index >= 15 is 0 Å². The molecule has 1 aliphatic heterocycles. The molecule has 0 fully saturated rings. The standard InChI is InChI=1S/C23H25N3O2/c1-4-28-22(27)19-13-26-15(3)14(2)24-21(26)20-18(19)9-10-23(25-20)11-16-7-5-6-8-17(16)12-23/h5-8,13,25H,4,9-12H2,1-3H3. The van der Waals surface area contributed by atoms with Crippen LogP contribution in [0.5, 0.6) is 0 Å². The number of pyridine rings is 1. The number of carbonyl (C=O) groups excluding carboxylic acids is 1. The van der Waals surface area contributed by atoms with E-state index < -0.39 is 0 Å². The van der Waals surface area contributed by atoms with Crippen LogP contribution >= 0.6 is 0 Å². The number of anilines is 1. The second kappa shape index (κ2) is 6.09. The number of ether oxygens (including phenoxy) is 1. The summed E-state index contributed by atoms with van der Waals surface area (Å²) >= 11 is 0. The monoisotopic (exact) mass is 375 g/mol. The molecular formula is C23H25N3O2. The van der Waals surface area contributed by atoms with E-state index in [-0.39, 0.29) is 11.5 Å². The summed E-state index contributed by atoms with van der Waals surface area (Å²) in [5, 5.41) is 3.85. The summed E-state index contributed by atoms with van der Waals surface area (Å²) in [6.45, 7) is 6.28. The number of benzene rings is 1. The molecule has 0 saturated heterocycles. The van der Waals surface area contributed by atoms with E-state index in [0.717, 1.165) is 54.0 Å². The van der Waals surface area contributed by atoms with Crippen molar-refractivity contribution in [1.29, 1.82) is 0 Å². The Balaban J connectivity index is 1.66. The minimum Gasteiger partial charge on any atom is -0.462 e. The SMILES string of the molecule is CCOC(=O)c1cn2c(C)c(C)nc2c2c1CCC1(Cc3ccccc3C1)N2. The molecule has 0 amide bonds. The van der Waals surface area contributed by atoms with E-state index in [0.29, 0.717) is 12.2 Å². The van der Waals surface area contributed by atoms with Crippen molar-refractivity contribution in [3.8, 4) is 0 Å². The lowest BCUT2D eigenvalue weighted by Gasteiger charge is -2.37. The van der Waals surface area contributed by atoms with Gasteiger partial charge in [-0.3, -0.25) is 0 Å². The van der Waals surface area contributed by atoms with Gasteiger partial charge in [-0.15, -0.1) is 0 Å². The summed E-state index contributed by atoms with van der Waals surface area (Å²) in [5.41, 5.74) is 8.49.